The van der Waals surface area contributed by atoms with Crippen molar-refractivity contribution in [3.63, 3.8) is 0 Å². The lowest BCUT2D eigenvalue weighted by molar-refractivity contribution is -0.117. The van der Waals surface area contributed by atoms with Crippen LogP contribution in [0.15, 0.2) is 36.5 Å². The fourth-order valence-electron chi connectivity index (χ4n) is 7.01. The number of H-pyrrole nitrogens is 1. The first-order valence-electron chi connectivity index (χ1n) is 11.0. The third-order valence-corrected chi connectivity index (χ3v) is 8.82. The summed E-state index contributed by atoms with van der Waals surface area (Å²) in [7, 11) is 0. The molecule has 2 fully saturated rings. The van der Waals surface area contributed by atoms with Gasteiger partial charge in [0.1, 0.15) is 0 Å². The molecule has 5 atom stereocenters. The van der Waals surface area contributed by atoms with Gasteiger partial charge in [0.25, 0.3) is 0 Å². The normalized spacial score (nSPS) is 28.9. The maximum absolute atomic E-state index is 13.2. The summed E-state index contributed by atoms with van der Waals surface area (Å²) in [6.07, 6.45) is 5.76. The molecule has 7 heteroatoms. The molecule has 7 rings (SSSR count). The molecule has 3 aliphatic rings. The number of carbonyl (C=O) groups excluding carboxylic acids is 1. The lowest BCUT2D eigenvalue weighted by Crippen LogP contribution is -2.45. The third kappa shape index (κ3) is 2.30. The van der Waals surface area contributed by atoms with E-state index in [0.29, 0.717) is 28.8 Å². The second kappa shape index (κ2) is 6.07. The van der Waals surface area contributed by atoms with Crippen molar-refractivity contribution < 1.29 is 4.79 Å². The molecule has 0 saturated heterocycles. The van der Waals surface area contributed by atoms with Gasteiger partial charge < -0.3 is 10.6 Å². The number of nitrogen functional groups attached to an aromatic ring is 1. The van der Waals surface area contributed by atoms with Gasteiger partial charge in [0.2, 0.25) is 5.91 Å². The maximum Gasteiger partial charge on any atom is 0.224 e. The number of anilines is 2. The van der Waals surface area contributed by atoms with Crippen LogP contribution in [0.1, 0.15) is 49.3 Å². The molecule has 2 aromatic heterocycles. The van der Waals surface area contributed by atoms with Gasteiger partial charge >= 0.3 is 0 Å². The minimum atomic E-state index is 0.0439. The first-order valence-corrected chi connectivity index (χ1v) is 11.8. The molecule has 4 aromatic rings. The summed E-state index contributed by atoms with van der Waals surface area (Å²) in [5.74, 6) is 2.34. The standard InChI is InChI=1S/C24H23N5OS/c1-11(30)29-18-7-6-16-15(10-26-28-16)22(18)20-12-2-3-13(8-12)21(20)23(29)14-4-5-17-19(9-14)31-24(25)27-17/h4-7,9-10,12-13,20-21,23H,2-3,8H2,1H3,(H2,25,27)(H,26,28)/t12?,13?,20-,21+,23-/m0/s1. The Morgan fingerprint density at radius 1 is 1.23 bits per heavy atom. The molecule has 2 bridgehead atoms. The fourth-order valence-corrected chi connectivity index (χ4v) is 7.79. The third-order valence-electron chi connectivity index (χ3n) is 7.97. The Hall–Kier alpha value is -2.93. The highest BCUT2D eigenvalue weighted by Crippen LogP contribution is 2.66. The molecule has 2 saturated carbocycles. The summed E-state index contributed by atoms with van der Waals surface area (Å²) >= 11 is 1.52. The van der Waals surface area contributed by atoms with Gasteiger partial charge in [-0.2, -0.15) is 5.10 Å². The van der Waals surface area contributed by atoms with Crippen LogP contribution < -0.4 is 10.6 Å². The lowest BCUT2D eigenvalue weighted by Gasteiger charge is -2.48. The summed E-state index contributed by atoms with van der Waals surface area (Å²) < 4.78 is 1.09. The summed E-state index contributed by atoms with van der Waals surface area (Å²) in [5, 5.41) is 9.22. The van der Waals surface area contributed by atoms with Crippen LogP contribution >= 0.6 is 11.3 Å². The molecule has 6 nitrogen and oxygen atoms in total. The molecule has 1 aliphatic heterocycles. The van der Waals surface area contributed by atoms with E-state index in [9.17, 15) is 4.79 Å². The summed E-state index contributed by atoms with van der Waals surface area (Å²) in [4.78, 5) is 19.6. The van der Waals surface area contributed by atoms with Crippen LogP contribution in [0.2, 0.25) is 0 Å². The molecule has 2 unspecified atom stereocenters. The molecule has 1 amide bonds. The molecule has 3 heterocycles. The number of amides is 1. The Labute approximate surface area is 183 Å². The molecular weight excluding hydrogens is 406 g/mol. The highest BCUT2D eigenvalue weighted by molar-refractivity contribution is 7.22. The summed E-state index contributed by atoms with van der Waals surface area (Å²) in [6.45, 7) is 1.70. The Bertz CT molecular complexity index is 1370. The monoisotopic (exact) mass is 429 g/mol. The average molecular weight is 430 g/mol. The second-order valence-corrected chi connectivity index (χ2v) is 10.4. The number of nitrogens with two attached hydrogens (primary N) is 1. The first-order chi connectivity index (χ1) is 15.1. The number of aromatic nitrogens is 3. The Balaban J connectivity index is 1.50. The summed E-state index contributed by atoms with van der Waals surface area (Å²) in [5.41, 5.74) is 11.6. The van der Waals surface area contributed by atoms with E-state index in [4.69, 9.17) is 5.73 Å². The highest BCUT2D eigenvalue weighted by atomic mass is 32.1. The number of hydrogen-bond acceptors (Lipinski definition) is 5. The van der Waals surface area contributed by atoms with Gasteiger partial charge in [-0.05, 0) is 78.3 Å². The number of nitrogens with one attached hydrogen (secondary N) is 1. The molecule has 2 aromatic carbocycles. The van der Waals surface area contributed by atoms with Crippen molar-refractivity contribution in [3.05, 3.63) is 47.7 Å². The van der Waals surface area contributed by atoms with E-state index in [1.54, 1.807) is 6.92 Å². The SMILES string of the molecule is CC(=O)N1c2ccc3[nH]ncc3c2[C@H]2C3CCC(C3)[C@H]2[C@@H]1c1ccc2nc(N)sc2c1. The van der Waals surface area contributed by atoms with Crippen molar-refractivity contribution in [3.8, 4) is 0 Å². The fraction of sp³-hybridized carbons (Fsp3) is 0.375. The smallest absolute Gasteiger partial charge is 0.224 e. The van der Waals surface area contributed by atoms with Crippen LogP contribution in [0.3, 0.4) is 0 Å². The van der Waals surface area contributed by atoms with Gasteiger partial charge in [0, 0.05) is 18.0 Å². The first kappa shape index (κ1) is 17.7. The molecule has 2 aliphatic carbocycles. The zero-order valence-electron chi connectivity index (χ0n) is 17.2. The average Bonchev–Trinajstić information content (AvgIpc) is 3.53. The van der Waals surface area contributed by atoms with E-state index in [1.165, 1.54) is 47.1 Å². The predicted molar refractivity (Wildman–Crippen MR) is 123 cm³/mol. The van der Waals surface area contributed by atoms with Gasteiger partial charge in [0.15, 0.2) is 5.13 Å². The molecule has 31 heavy (non-hydrogen) atoms. The Kier molecular flexibility index (Phi) is 3.47. The number of aromatic amines is 1. The lowest BCUT2D eigenvalue weighted by atomic mass is 9.66. The van der Waals surface area contributed by atoms with E-state index >= 15 is 0 Å². The van der Waals surface area contributed by atoms with Crippen molar-refractivity contribution in [1.82, 2.24) is 15.2 Å². The van der Waals surface area contributed by atoms with E-state index in [2.05, 4.69) is 50.4 Å². The van der Waals surface area contributed by atoms with Gasteiger partial charge in [-0.3, -0.25) is 9.89 Å². The Morgan fingerprint density at radius 2 is 2.10 bits per heavy atom. The van der Waals surface area contributed by atoms with Crippen LogP contribution in [0.4, 0.5) is 10.8 Å². The van der Waals surface area contributed by atoms with Crippen molar-refractivity contribution in [2.45, 2.75) is 38.1 Å². The largest absolute Gasteiger partial charge is 0.375 e. The topological polar surface area (TPSA) is 87.9 Å². The number of hydrogen-bond donors (Lipinski definition) is 2. The van der Waals surface area contributed by atoms with E-state index < -0.39 is 0 Å². The maximum atomic E-state index is 13.2. The number of carbonyl (C=O) groups is 1. The minimum absolute atomic E-state index is 0.0439. The zero-order valence-corrected chi connectivity index (χ0v) is 18.0. The van der Waals surface area contributed by atoms with E-state index in [0.717, 1.165) is 21.4 Å². The quantitative estimate of drug-likeness (QED) is 0.446. The number of benzene rings is 2. The minimum Gasteiger partial charge on any atom is -0.375 e. The van der Waals surface area contributed by atoms with E-state index in [-0.39, 0.29) is 11.9 Å². The number of fused-ring (bicyclic) bond motifs is 10. The van der Waals surface area contributed by atoms with Gasteiger partial charge in [-0.15, -0.1) is 0 Å². The zero-order chi connectivity index (χ0) is 20.9. The van der Waals surface area contributed by atoms with Crippen LogP contribution in [0, 0.1) is 17.8 Å². The molecule has 0 radical (unpaired) electrons. The number of rotatable bonds is 1. The Morgan fingerprint density at radius 3 is 2.97 bits per heavy atom. The molecule has 156 valence electrons. The molecule has 0 spiro atoms. The van der Waals surface area contributed by atoms with E-state index in [1.807, 2.05) is 6.20 Å². The van der Waals surface area contributed by atoms with Crippen molar-refractivity contribution in [2.24, 2.45) is 17.8 Å². The van der Waals surface area contributed by atoms with Crippen LogP contribution in [-0.4, -0.2) is 21.1 Å². The molecular formula is C24H23N5OS. The summed E-state index contributed by atoms with van der Waals surface area (Å²) in [6, 6.07) is 10.7. The highest BCUT2D eigenvalue weighted by Gasteiger charge is 2.56. The van der Waals surface area contributed by atoms with Crippen molar-refractivity contribution >= 4 is 49.2 Å². The van der Waals surface area contributed by atoms with Gasteiger partial charge in [-0.1, -0.05) is 17.4 Å². The molecule has 3 N–H and O–H groups in total. The van der Waals surface area contributed by atoms with Crippen LogP contribution in [0.25, 0.3) is 21.1 Å². The predicted octanol–water partition coefficient (Wildman–Crippen LogP) is 4.99. The van der Waals surface area contributed by atoms with Crippen LogP contribution in [0.5, 0.6) is 0 Å². The van der Waals surface area contributed by atoms with Crippen LogP contribution in [-0.2, 0) is 4.79 Å². The van der Waals surface area contributed by atoms with Crippen molar-refractivity contribution in [1.29, 1.82) is 0 Å². The van der Waals surface area contributed by atoms with Crippen molar-refractivity contribution in [2.75, 3.05) is 10.6 Å². The number of thiazole rings is 1. The second-order valence-electron chi connectivity index (χ2n) is 9.38. The van der Waals surface area contributed by atoms with Gasteiger partial charge in [-0.25, -0.2) is 4.98 Å². The number of nitrogens with zero attached hydrogens (tertiary/aromatic N) is 3. The van der Waals surface area contributed by atoms with Gasteiger partial charge in [0.05, 0.1) is 28.0 Å².